The first-order valence-electron chi connectivity index (χ1n) is 8.37. The zero-order chi connectivity index (χ0) is 19.4. The maximum atomic E-state index is 12.8. The van der Waals surface area contributed by atoms with Gasteiger partial charge in [-0.15, -0.1) is 0 Å². The van der Waals surface area contributed by atoms with Crippen LogP contribution < -0.4 is 0 Å². The van der Waals surface area contributed by atoms with Gasteiger partial charge in [-0.05, 0) is 17.7 Å². The lowest BCUT2D eigenvalue weighted by Gasteiger charge is -2.34. The average molecular weight is 386 g/mol. The summed E-state index contributed by atoms with van der Waals surface area (Å²) in [7, 11) is -3.93. The van der Waals surface area contributed by atoms with Crippen LogP contribution >= 0.6 is 0 Å². The summed E-state index contributed by atoms with van der Waals surface area (Å²) >= 11 is 0. The number of nitrogens with zero attached hydrogens (tertiary/aromatic N) is 4. The molecule has 8 nitrogen and oxygen atoms in total. The number of nitriles is 1. The van der Waals surface area contributed by atoms with Crippen LogP contribution in [0.4, 0.5) is 5.69 Å². The first-order valence-corrected chi connectivity index (χ1v) is 9.81. The Morgan fingerprint density at radius 2 is 1.67 bits per heavy atom. The minimum absolute atomic E-state index is 0.239. The fourth-order valence-electron chi connectivity index (χ4n) is 3.10. The Balaban J connectivity index is 1.72. The van der Waals surface area contributed by atoms with Crippen molar-refractivity contribution in [2.24, 2.45) is 0 Å². The molecule has 0 amide bonds. The molecule has 0 radical (unpaired) electrons. The second-order valence-electron chi connectivity index (χ2n) is 6.17. The van der Waals surface area contributed by atoms with E-state index in [4.69, 9.17) is 0 Å². The highest BCUT2D eigenvalue weighted by Crippen LogP contribution is 2.27. The maximum Gasteiger partial charge on any atom is 0.289 e. The van der Waals surface area contributed by atoms with E-state index in [-0.39, 0.29) is 18.0 Å². The Labute approximate surface area is 157 Å². The van der Waals surface area contributed by atoms with Gasteiger partial charge in [-0.25, -0.2) is 8.42 Å². The molecule has 1 heterocycles. The van der Waals surface area contributed by atoms with E-state index in [9.17, 15) is 23.8 Å². The maximum absolute atomic E-state index is 12.8. The van der Waals surface area contributed by atoms with Crippen molar-refractivity contribution in [2.75, 3.05) is 26.2 Å². The molecule has 0 aromatic heterocycles. The van der Waals surface area contributed by atoms with Crippen molar-refractivity contribution < 1.29 is 13.3 Å². The standard InChI is InChI=1S/C18H18N4O4S/c19-13-15-5-1-2-6-16(15)14-20-9-11-21(12-10-20)27(25,26)18-8-4-3-7-17(18)22(23)24/h1-8H,9-12,14H2. The van der Waals surface area contributed by atoms with Crippen LogP contribution in [0.15, 0.2) is 53.4 Å². The lowest BCUT2D eigenvalue weighted by molar-refractivity contribution is -0.387. The molecule has 0 atom stereocenters. The molecule has 0 spiro atoms. The third-order valence-electron chi connectivity index (χ3n) is 4.54. The Morgan fingerprint density at radius 3 is 2.33 bits per heavy atom. The van der Waals surface area contributed by atoms with Crippen LogP contribution in [0.5, 0.6) is 0 Å². The minimum Gasteiger partial charge on any atom is -0.296 e. The lowest BCUT2D eigenvalue weighted by atomic mass is 10.1. The molecule has 140 valence electrons. The van der Waals surface area contributed by atoms with Gasteiger partial charge in [0.15, 0.2) is 4.90 Å². The summed E-state index contributed by atoms with van der Waals surface area (Å²) in [4.78, 5) is 12.3. The number of piperazine rings is 1. The Kier molecular flexibility index (Phi) is 5.51. The lowest BCUT2D eigenvalue weighted by Crippen LogP contribution is -2.48. The Morgan fingerprint density at radius 1 is 1.04 bits per heavy atom. The van der Waals surface area contributed by atoms with Crippen molar-refractivity contribution in [1.29, 1.82) is 5.26 Å². The van der Waals surface area contributed by atoms with E-state index in [1.807, 2.05) is 12.1 Å². The Hall–Kier alpha value is -2.80. The van der Waals surface area contributed by atoms with Gasteiger partial charge in [0.1, 0.15) is 0 Å². The second kappa shape index (κ2) is 7.84. The number of sulfonamides is 1. The molecule has 1 saturated heterocycles. The molecule has 3 rings (SSSR count). The van der Waals surface area contributed by atoms with Gasteiger partial charge in [-0.2, -0.15) is 9.57 Å². The molecule has 0 N–H and O–H groups in total. The summed E-state index contributed by atoms with van der Waals surface area (Å²) in [6.07, 6.45) is 0. The highest BCUT2D eigenvalue weighted by Gasteiger charge is 2.33. The molecule has 1 aliphatic heterocycles. The molecule has 2 aromatic carbocycles. The molecule has 0 bridgehead atoms. The number of rotatable bonds is 5. The SMILES string of the molecule is N#Cc1ccccc1CN1CCN(S(=O)(=O)c2ccccc2[N+](=O)[O-])CC1. The summed E-state index contributed by atoms with van der Waals surface area (Å²) < 4.78 is 27.0. The van der Waals surface area contributed by atoms with Crippen LogP contribution in [0.3, 0.4) is 0 Å². The van der Waals surface area contributed by atoms with Crippen LogP contribution in [0.2, 0.25) is 0 Å². The van der Waals surface area contributed by atoms with Crippen molar-refractivity contribution in [1.82, 2.24) is 9.21 Å². The van der Waals surface area contributed by atoms with E-state index in [0.29, 0.717) is 25.2 Å². The van der Waals surface area contributed by atoms with Crippen LogP contribution in [0.25, 0.3) is 0 Å². The van der Waals surface area contributed by atoms with Gasteiger partial charge in [0.25, 0.3) is 5.69 Å². The first-order chi connectivity index (χ1) is 12.9. The van der Waals surface area contributed by atoms with Crippen molar-refractivity contribution in [2.45, 2.75) is 11.4 Å². The molecule has 1 fully saturated rings. The smallest absolute Gasteiger partial charge is 0.289 e. The normalized spacial score (nSPS) is 16.0. The summed E-state index contributed by atoms with van der Waals surface area (Å²) in [5, 5.41) is 20.3. The predicted octanol–water partition coefficient (Wildman–Crippen LogP) is 1.97. The van der Waals surface area contributed by atoms with Gasteiger partial charge in [-0.1, -0.05) is 30.3 Å². The van der Waals surface area contributed by atoms with Crippen LogP contribution in [0, 0.1) is 21.4 Å². The van der Waals surface area contributed by atoms with Crippen LogP contribution in [-0.4, -0.2) is 48.7 Å². The number of para-hydroxylation sites is 1. The summed E-state index contributed by atoms with van der Waals surface area (Å²) in [6, 6.07) is 14.9. The molecule has 0 saturated carbocycles. The molecule has 2 aromatic rings. The third kappa shape index (κ3) is 3.98. The van der Waals surface area contributed by atoms with Gasteiger partial charge >= 0.3 is 0 Å². The zero-order valence-corrected chi connectivity index (χ0v) is 15.3. The largest absolute Gasteiger partial charge is 0.296 e. The van der Waals surface area contributed by atoms with Gasteiger partial charge < -0.3 is 0 Å². The van der Waals surface area contributed by atoms with Gasteiger partial charge in [0.05, 0.1) is 16.6 Å². The van der Waals surface area contributed by atoms with Crippen molar-refractivity contribution in [3.63, 3.8) is 0 Å². The summed E-state index contributed by atoms with van der Waals surface area (Å²) in [5.41, 5.74) is 1.09. The number of nitro groups is 1. The van der Waals surface area contributed by atoms with E-state index in [0.717, 1.165) is 5.56 Å². The molecular weight excluding hydrogens is 368 g/mol. The molecule has 1 aliphatic rings. The van der Waals surface area contributed by atoms with Crippen LogP contribution in [-0.2, 0) is 16.6 Å². The van der Waals surface area contributed by atoms with Gasteiger partial charge in [-0.3, -0.25) is 15.0 Å². The van der Waals surface area contributed by atoms with E-state index in [1.54, 1.807) is 12.1 Å². The molecule has 0 unspecified atom stereocenters. The predicted molar refractivity (Wildman–Crippen MR) is 98.3 cm³/mol. The second-order valence-corrected chi connectivity index (χ2v) is 8.08. The van der Waals surface area contributed by atoms with Crippen molar-refractivity contribution in [3.8, 4) is 6.07 Å². The quantitative estimate of drug-likeness (QED) is 0.574. The highest BCUT2D eigenvalue weighted by molar-refractivity contribution is 7.89. The fourth-order valence-corrected chi connectivity index (χ4v) is 4.68. The molecule has 9 heteroatoms. The first kappa shape index (κ1) is 19.0. The number of hydrogen-bond donors (Lipinski definition) is 0. The van der Waals surface area contributed by atoms with Gasteiger partial charge in [0.2, 0.25) is 10.0 Å². The molecular formula is C18H18N4O4S. The average Bonchev–Trinajstić information content (AvgIpc) is 2.69. The number of benzene rings is 2. The van der Waals surface area contributed by atoms with E-state index >= 15 is 0 Å². The monoisotopic (exact) mass is 386 g/mol. The highest BCUT2D eigenvalue weighted by atomic mass is 32.2. The minimum atomic E-state index is -3.93. The summed E-state index contributed by atoms with van der Waals surface area (Å²) in [6.45, 7) is 2.01. The summed E-state index contributed by atoms with van der Waals surface area (Å²) in [5.74, 6) is 0. The zero-order valence-electron chi connectivity index (χ0n) is 14.5. The van der Waals surface area contributed by atoms with Gasteiger partial charge in [0, 0.05) is 38.8 Å². The third-order valence-corrected chi connectivity index (χ3v) is 6.49. The molecule has 27 heavy (non-hydrogen) atoms. The van der Waals surface area contributed by atoms with E-state index in [1.165, 1.54) is 28.6 Å². The van der Waals surface area contributed by atoms with Crippen molar-refractivity contribution >= 4 is 15.7 Å². The van der Waals surface area contributed by atoms with E-state index in [2.05, 4.69) is 11.0 Å². The number of nitro benzene ring substituents is 1. The van der Waals surface area contributed by atoms with Crippen LogP contribution in [0.1, 0.15) is 11.1 Å². The molecule has 0 aliphatic carbocycles. The van der Waals surface area contributed by atoms with Crippen molar-refractivity contribution in [3.05, 3.63) is 69.8 Å². The Bertz CT molecular complexity index is 992. The number of hydrogen-bond acceptors (Lipinski definition) is 6. The van der Waals surface area contributed by atoms with E-state index < -0.39 is 20.6 Å². The fraction of sp³-hybridized carbons (Fsp3) is 0.278. The topological polar surface area (TPSA) is 108 Å².